The zero-order valence-electron chi connectivity index (χ0n) is 6.40. The van der Waals surface area contributed by atoms with Gasteiger partial charge in [-0.15, -0.1) is 0 Å². The predicted molar refractivity (Wildman–Crippen MR) is 41.3 cm³/mol. The van der Waals surface area contributed by atoms with Crippen molar-refractivity contribution in [3.63, 3.8) is 0 Å². The molecule has 1 aromatic heterocycles. The molecule has 0 saturated heterocycles. The number of carbonyl (C=O) groups excluding carboxylic acids is 1. The highest BCUT2D eigenvalue weighted by Crippen LogP contribution is 2.24. The van der Waals surface area contributed by atoms with Crippen molar-refractivity contribution in [2.45, 2.75) is 12.5 Å². The maximum atomic E-state index is 11.0. The van der Waals surface area contributed by atoms with Gasteiger partial charge in [0.2, 0.25) is 0 Å². The van der Waals surface area contributed by atoms with Crippen molar-refractivity contribution < 1.29 is 13.9 Å². The Balaban J connectivity index is 2.17. The third-order valence-electron chi connectivity index (χ3n) is 1.74. The Kier molecular flexibility index (Phi) is 1.70. The summed E-state index contributed by atoms with van der Waals surface area (Å²) in [4.78, 5) is 11.0. The minimum atomic E-state index is -0.238. The van der Waals surface area contributed by atoms with Gasteiger partial charge in [-0.05, 0) is 12.1 Å². The molecule has 0 spiro atoms. The predicted octanol–water partition coefficient (Wildman–Crippen LogP) is 1.82. The van der Waals surface area contributed by atoms with E-state index in [0.717, 1.165) is 0 Å². The number of carbonyl (C=O) groups is 1. The standard InChI is InChI=1S/C9H8O3/c10-7-3-5-12-9(6-7)8-2-1-4-11-8/h1-5,9H,6H2. The van der Waals surface area contributed by atoms with Gasteiger partial charge in [0.1, 0.15) is 5.76 Å². The van der Waals surface area contributed by atoms with Gasteiger partial charge in [0.05, 0.1) is 18.9 Å². The normalized spacial score (nSPS) is 22.3. The molecule has 2 heterocycles. The number of hydrogen-bond donors (Lipinski definition) is 0. The molecule has 0 fully saturated rings. The van der Waals surface area contributed by atoms with E-state index in [2.05, 4.69) is 0 Å². The van der Waals surface area contributed by atoms with Crippen molar-refractivity contribution in [1.29, 1.82) is 0 Å². The van der Waals surface area contributed by atoms with E-state index in [0.29, 0.717) is 12.2 Å². The van der Waals surface area contributed by atoms with Crippen molar-refractivity contribution in [2.75, 3.05) is 0 Å². The van der Waals surface area contributed by atoms with Crippen molar-refractivity contribution in [3.8, 4) is 0 Å². The number of ketones is 1. The lowest BCUT2D eigenvalue weighted by molar-refractivity contribution is -0.118. The Hall–Kier alpha value is -1.51. The average Bonchev–Trinajstić information content (AvgIpc) is 2.56. The second-order valence-corrected chi connectivity index (χ2v) is 2.61. The summed E-state index contributed by atoms with van der Waals surface area (Å²) < 4.78 is 10.3. The van der Waals surface area contributed by atoms with Crippen LogP contribution in [-0.4, -0.2) is 5.78 Å². The number of rotatable bonds is 1. The van der Waals surface area contributed by atoms with Gasteiger partial charge in [-0.1, -0.05) is 0 Å². The molecule has 0 aliphatic carbocycles. The second kappa shape index (κ2) is 2.85. The third kappa shape index (κ3) is 1.25. The van der Waals surface area contributed by atoms with Crippen LogP contribution in [0.1, 0.15) is 18.3 Å². The molecule has 1 aliphatic rings. The summed E-state index contributed by atoms with van der Waals surface area (Å²) in [5.41, 5.74) is 0. The van der Waals surface area contributed by atoms with Crippen LogP contribution >= 0.6 is 0 Å². The van der Waals surface area contributed by atoms with Crippen LogP contribution in [0, 0.1) is 0 Å². The highest BCUT2D eigenvalue weighted by molar-refractivity contribution is 5.90. The molecule has 62 valence electrons. The summed E-state index contributed by atoms with van der Waals surface area (Å²) in [5, 5.41) is 0. The summed E-state index contributed by atoms with van der Waals surface area (Å²) in [5.74, 6) is 0.773. The Morgan fingerprint density at radius 1 is 1.50 bits per heavy atom. The molecular weight excluding hydrogens is 156 g/mol. The van der Waals surface area contributed by atoms with E-state index in [1.165, 1.54) is 12.3 Å². The molecule has 0 aromatic carbocycles. The Morgan fingerprint density at radius 2 is 2.42 bits per heavy atom. The Labute approximate surface area is 69.6 Å². The van der Waals surface area contributed by atoms with Crippen molar-refractivity contribution >= 4 is 5.78 Å². The first kappa shape index (κ1) is 7.16. The van der Waals surface area contributed by atoms with Gasteiger partial charge < -0.3 is 9.15 Å². The zero-order valence-corrected chi connectivity index (χ0v) is 6.40. The van der Waals surface area contributed by atoms with Crippen molar-refractivity contribution in [2.24, 2.45) is 0 Å². The lowest BCUT2D eigenvalue weighted by atomic mass is 10.1. The van der Waals surface area contributed by atoms with E-state index in [9.17, 15) is 4.79 Å². The molecule has 1 aliphatic heterocycles. The first-order valence-corrected chi connectivity index (χ1v) is 3.74. The summed E-state index contributed by atoms with van der Waals surface area (Å²) >= 11 is 0. The van der Waals surface area contributed by atoms with E-state index in [4.69, 9.17) is 9.15 Å². The smallest absolute Gasteiger partial charge is 0.162 e. The molecule has 0 saturated carbocycles. The SMILES string of the molecule is O=C1C=COC(c2ccco2)C1. The van der Waals surface area contributed by atoms with Crippen LogP contribution in [0.15, 0.2) is 35.2 Å². The van der Waals surface area contributed by atoms with Crippen LogP contribution in [0.25, 0.3) is 0 Å². The summed E-state index contributed by atoms with van der Waals surface area (Å²) in [6, 6.07) is 3.58. The Bertz CT molecular complexity index is 298. The molecule has 0 amide bonds. The first-order valence-electron chi connectivity index (χ1n) is 3.74. The zero-order chi connectivity index (χ0) is 8.39. The summed E-state index contributed by atoms with van der Waals surface area (Å²) in [7, 11) is 0. The van der Waals surface area contributed by atoms with Gasteiger partial charge in [-0.2, -0.15) is 0 Å². The van der Waals surface area contributed by atoms with Crippen molar-refractivity contribution in [3.05, 3.63) is 36.5 Å². The lowest BCUT2D eigenvalue weighted by Gasteiger charge is -2.15. The summed E-state index contributed by atoms with van der Waals surface area (Å²) in [6.07, 6.45) is 4.54. The van der Waals surface area contributed by atoms with E-state index in [-0.39, 0.29) is 11.9 Å². The fourth-order valence-corrected chi connectivity index (χ4v) is 1.15. The van der Waals surface area contributed by atoms with Crippen LogP contribution in [0.2, 0.25) is 0 Å². The topological polar surface area (TPSA) is 39.4 Å². The van der Waals surface area contributed by atoms with Gasteiger partial charge >= 0.3 is 0 Å². The van der Waals surface area contributed by atoms with Gasteiger partial charge in [0.25, 0.3) is 0 Å². The van der Waals surface area contributed by atoms with E-state index >= 15 is 0 Å². The lowest BCUT2D eigenvalue weighted by Crippen LogP contribution is -2.10. The first-order chi connectivity index (χ1) is 5.86. The molecule has 3 heteroatoms. The van der Waals surface area contributed by atoms with E-state index < -0.39 is 0 Å². The minimum Gasteiger partial charge on any atom is -0.489 e. The molecule has 12 heavy (non-hydrogen) atoms. The van der Waals surface area contributed by atoms with Gasteiger partial charge in [0.15, 0.2) is 11.9 Å². The summed E-state index contributed by atoms with van der Waals surface area (Å²) in [6.45, 7) is 0. The van der Waals surface area contributed by atoms with Gasteiger partial charge in [-0.25, -0.2) is 0 Å². The second-order valence-electron chi connectivity index (χ2n) is 2.61. The van der Waals surface area contributed by atoms with E-state index in [1.54, 1.807) is 18.4 Å². The number of allylic oxidation sites excluding steroid dienone is 1. The maximum Gasteiger partial charge on any atom is 0.162 e. The molecular formula is C9H8O3. The van der Waals surface area contributed by atoms with Gasteiger partial charge in [0, 0.05) is 6.08 Å². The van der Waals surface area contributed by atoms with Crippen molar-refractivity contribution in [1.82, 2.24) is 0 Å². The van der Waals surface area contributed by atoms with E-state index in [1.807, 2.05) is 0 Å². The quantitative estimate of drug-likeness (QED) is 0.635. The number of hydrogen-bond acceptors (Lipinski definition) is 3. The molecule has 3 nitrogen and oxygen atoms in total. The van der Waals surface area contributed by atoms with Gasteiger partial charge in [-0.3, -0.25) is 4.79 Å². The molecule has 0 bridgehead atoms. The molecule has 0 radical (unpaired) electrons. The van der Waals surface area contributed by atoms with Crippen LogP contribution in [0.3, 0.4) is 0 Å². The number of ether oxygens (including phenoxy) is 1. The minimum absolute atomic E-state index is 0.0719. The third-order valence-corrected chi connectivity index (χ3v) is 1.74. The highest BCUT2D eigenvalue weighted by atomic mass is 16.5. The maximum absolute atomic E-state index is 11.0. The molecule has 1 atom stereocenters. The van der Waals surface area contributed by atoms with Crippen LogP contribution < -0.4 is 0 Å². The number of furan rings is 1. The van der Waals surface area contributed by atoms with Crippen LogP contribution in [-0.2, 0) is 9.53 Å². The van der Waals surface area contributed by atoms with Crippen LogP contribution in [0.4, 0.5) is 0 Å². The monoisotopic (exact) mass is 164 g/mol. The molecule has 1 unspecified atom stereocenters. The fraction of sp³-hybridized carbons (Fsp3) is 0.222. The molecule has 2 rings (SSSR count). The highest BCUT2D eigenvalue weighted by Gasteiger charge is 2.20. The fourth-order valence-electron chi connectivity index (χ4n) is 1.15. The largest absolute Gasteiger partial charge is 0.489 e. The van der Waals surface area contributed by atoms with Crippen LogP contribution in [0.5, 0.6) is 0 Å². The molecule has 0 N–H and O–H groups in total. The Morgan fingerprint density at radius 3 is 3.08 bits per heavy atom. The average molecular weight is 164 g/mol. The molecule has 1 aromatic rings.